The predicted molar refractivity (Wildman–Crippen MR) is 80.1 cm³/mol. The standard InChI is InChI=1S/C16H22ClNO2/c17-14-6-2-1-5-13(14)8-10-18-9-4-3-7-15(18)16-19-11-12-20-16/h1-2,5-6,15-16H,3-4,7-12H2. The van der Waals surface area contributed by atoms with Crippen LogP contribution in [-0.2, 0) is 15.9 Å². The zero-order valence-electron chi connectivity index (χ0n) is 11.8. The highest BCUT2D eigenvalue weighted by Gasteiger charge is 2.33. The molecule has 3 nitrogen and oxygen atoms in total. The van der Waals surface area contributed by atoms with Crippen LogP contribution in [0.2, 0.25) is 5.02 Å². The summed E-state index contributed by atoms with van der Waals surface area (Å²) in [6, 6.07) is 8.53. The van der Waals surface area contributed by atoms with E-state index in [4.69, 9.17) is 21.1 Å². The first-order valence-corrected chi connectivity index (χ1v) is 7.93. The first-order chi connectivity index (χ1) is 9.84. The molecule has 0 bridgehead atoms. The van der Waals surface area contributed by atoms with E-state index in [0.29, 0.717) is 6.04 Å². The number of likely N-dealkylation sites (tertiary alicyclic amines) is 1. The summed E-state index contributed by atoms with van der Waals surface area (Å²) in [5, 5.41) is 0.870. The molecule has 2 heterocycles. The van der Waals surface area contributed by atoms with Gasteiger partial charge >= 0.3 is 0 Å². The first-order valence-electron chi connectivity index (χ1n) is 7.55. The van der Waals surface area contributed by atoms with Crippen LogP contribution in [0.1, 0.15) is 24.8 Å². The Morgan fingerprint density at radius 1 is 1.15 bits per heavy atom. The fourth-order valence-corrected chi connectivity index (χ4v) is 3.40. The van der Waals surface area contributed by atoms with Crippen LogP contribution in [0, 0.1) is 0 Å². The Balaban J connectivity index is 1.60. The summed E-state index contributed by atoms with van der Waals surface area (Å²) in [4.78, 5) is 2.52. The summed E-state index contributed by atoms with van der Waals surface area (Å²) in [5.74, 6) is 0. The largest absolute Gasteiger partial charge is 0.349 e. The minimum Gasteiger partial charge on any atom is -0.349 e. The Morgan fingerprint density at radius 2 is 1.95 bits per heavy atom. The second kappa shape index (κ2) is 6.90. The Kier molecular flexibility index (Phi) is 4.94. The SMILES string of the molecule is Clc1ccccc1CCN1CCCCC1C1OCCO1. The summed E-state index contributed by atoms with van der Waals surface area (Å²) in [5.41, 5.74) is 1.23. The van der Waals surface area contributed by atoms with Gasteiger partial charge in [0.2, 0.25) is 0 Å². The lowest BCUT2D eigenvalue weighted by Crippen LogP contribution is -2.48. The van der Waals surface area contributed by atoms with Crippen molar-refractivity contribution in [2.24, 2.45) is 0 Å². The Hall–Kier alpha value is -0.610. The van der Waals surface area contributed by atoms with Crippen molar-refractivity contribution in [2.75, 3.05) is 26.3 Å². The molecule has 1 unspecified atom stereocenters. The highest BCUT2D eigenvalue weighted by atomic mass is 35.5. The molecule has 0 radical (unpaired) electrons. The fourth-order valence-electron chi connectivity index (χ4n) is 3.17. The molecule has 0 saturated carbocycles. The molecule has 0 amide bonds. The van der Waals surface area contributed by atoms with Gasteiger partial charge in [-0.25, -0.2) is 0 Å². The molecule has 4 heteroatoms. The molecule has 1 atom stereocenters. The third kappa shape index (κ3) is 3.34. The summed E-state index contributed by atoms with van der Waals surface area (Å²) in [7, 11) is 0. The highest BCUT2D eigenvalue weighted by molar-refractivity contribution is 6.31. The van der Waals surface area contributed by atoms with Gasteiger partial charge in [0.1, 0.15) is 0 Å². The number of benzene rings is 1. The molecule has 2 saturated heterocycles. The van der Waals surface area contributed by atoms with E-state index in [0.717, 1.165) is 37.7 Å². The van der Waals surface area contributed by atoms with E-state index in [1.807, 2.05) is 12.1 Å². The van der Waals surface area contributed by atoms with Gasteiger partial charge in [0.25, 0.3) is 0 Å². The summed E-state index contributed by atoms with van der Waals surface area (Å²) < 4.78 is 11.4. The van der Waals surface area contributed by atoms with Crippen LogP contribution in [0.4, 0.5) is 0 Å². The number of hydrogen-bond donors (Lipinski definition) is 0. The van der Waals surface area contributed by atoms with Gasteiger partial charge in [0.15, 0.2) is 6.29 Å². The zero-order chi connectivity index (χ0) is 13.8. The van der Waals surface area contributed by atoms with Gasteiger partial charge in [0.05, 0.1) is 19.3 Å². The molecule has 110 valence electrons. The molecule has 0 aromatic heterocycles. The first kappa shape index (κ1) is 14.3. The van der Waals surface area contributed by atoms with Gasteiger partial charge in [-0.2, -0.15) is 0 Å². The van der Waals surface area contributed by atoms with E-state index in [1.165, 1.54) is 24.8 Å². The second-order valence-electron chi connectivity index (χ2n) is 5.55. The maximum Gasteiger partial charge on any atom is 0.173 e. The van der Waals surface area contributed by atoms with E-state index in [1.54, 1.807) is 0 Å². The smallest absolute Gasteiger partial charge is 0.173 e. The number of ether oxygens (including phenoxy) is 2. The molecule has 1 aromatic rings. The van der Waals surface area contributed by atoms with Crippen molar-refractivity contribution < 1.29 is 9.47 Å². The summed E-state index contributed by atoms with van der Waals surface area (Å²) in [6.45, 7) is 3.63. The molecule has 3 rings (SSSR count). The van der Waals surface area contributed by atoms with Crippen LogP contribution >= 0.6 is 11.6 Å². The van der Waals surface area contributed by atoms with Crippen molar-refractivity contribution in [1.82, 2.24) is 4.90 Å². The average Bonchev–Trinajstić information content (AvgIpc) is 3.01. The van der Waals surface area contributed by atoms with Crippen LogP contribution in [0.3, 0.4) is 0 Å². The van der Waals surface area contributed by atoms with E-state index in [9.17, 15) is 0 Å². The van der Waals surface area contributed by atoms with Crippen LogP contribution in [-0.4, -0.2) is 43.5 Å². The van der Waals surface area contributed by atoms with Gasteiger partial charge < -0.3 is 9.47 Å². The maximum atomic E-state index is 6.24. The number of rotatable bonds is 4. The van der Waals surface area contributed by atoms with E-state index < -0.39 is 0 Å². The van der Waals surface area contributed by atoms with Crippen molar-refractivity contribution in [3.63, 3.8) is 0 Å². The molecular formula is C16H22ClNO2. The molecule has 0 N–H and O–H groups in total. The minimum atomic E-state index is -0.0263. The van der Waals surface area contributed by atoms with Gasteiger partial charge in [-0.15, -0.1) is 0 Å². The Morgan fingerprint density at radius 3 is 2.75 bits per heavy atom. The lowest BCUT2D eigenvalue weighted by Gasteiger charge is -2.38. The molecule has 2 fully saturated rings. The van der Waals surface area contributed by atoms with E-state index >= 15 is 0 Å². The van der Waals surface area contributed by atoms with E-state index in [2.05, 4.69) is 17.0 Å². The molecular weight excluding hydrogens is 274 g/mol. The number of nitrogens with zero attached hydrogens (tertiary/aromatic N) is 1. The third-order valence-electron chi connectivity index (χ3n) is 4.25. The van der Waals surface area contributed by atoms with Crippen LogP contribution in [0.5, 0.6) is 0 Å². The second-order valence-corrected chi connectivity index (χ2v) is 5.96. The summed E-state index contributed by atoms with van der Waals surface area (Å²) >= 11 is 6.24. The predicted octanol–water partition coefficient (Wildman–Crippen LogP) is 3.11. The highest BCUT2D eigenvalue weighted by Crippen LogP contribution is 2.25. The molecule has 0 spiro atoms. The van der Waals surface area contributed by atoms with Gasteiger partial charge in [0, 0.05) is 11.6 Å². The minimum absolute atomic E-state index is 0.0263. The normalized spacial score (nSPS) is 25.1. The van der Waals surface area contributed by atoms with E-state index in [-0.39, 0.29) is 6.29 Å². The lowest BCUT2D eigenvalue weighted by molar-refractivity contribution is -0.108. The Labute approximate surface area is 125 Å². The summed E-state index contributed by atoms with van der Waals surface area (Å²) in [6.07, 6.45) is 4.68. The van der Waals surface area contributed by atoms with Crippen molar-refractivity contribution >= 4 is 11.6 Å². The third-order valence-corrected chi connectivity index (χ3v) is 4.62. The van der Waals surface area contributed by atoms with Crippen molar-refractivity contribution in [1.29, 1.82) is 0 Å². The molecule has 0 aliphatic carbocycles. The maximum absolute atomic E-state index is 6.24. The van der Waals surface area contributed by atoms with Crippen LogP contribution < -0.4 is 0 Å². The lowest BCUT2D eigenvalue weighted by atomic mass is 10.0. The van der Waals surface area contributed by atoms with Crippen molar-refractivity contribution in [3.05, 3.63) is 34.9 Å². The molecule has 1 aromatic carbocycles. The topological polar surface area (TPSA) is 21.7 Å². The quantitative estimate of drug-likeness (QED) is 0.852. The molecule has 2 aliphatic rings. The van der Waals surface area contributed by atoms with Crippen LogP contribution in [0.25, 0.3) is 0 Å². The van der Waals surface area contributed by atoms with Crippen molar-refractivity contribution in [3.8, 4) is 0 Å². The molecule has 20 heavy (non-hydrogen) atoms. The average molecular weight is 296 g/mol. The Bertz CT molecular complexity index is 434. The zero-order valence-corrected chi connectivity index (χ0v) is 12.5. The van der Waals surface area contributed by atoms with Crippen LogP contribution in [0.15, 0.2) is 24.3 Å². The number of hydrogen-bond acceptors (Lipinski definition) is 3. The number of piperidine rings is 1. The molecule has 2 aliphatic heterocycles. The monoisotopic (exact) mass is 295 g/mol. The van der Waals surface area contributed by atoms with Gasteiger partial charge in [-0.1, -0.05) is 36.2 Å². The number of halogens is 1. The fraction of sp³-hybridized carbons (Fsp3) is 0.625. The van der Waals surface area contributed by atoms with Crippen molar-refractivity contribution in [2.45, 2.75) is 38.0 Å². The van der Waals surface area contributed by atoms with Gasteiger partial charge in [-0.3, -0.25) is 4.90 Å². The van der Waals surface area contributed by atoms with Gasteiger partial charge in [-0.05, 0) is 37.4 Å².